The second-order valence-electron chi connectivity index (χ2n) is 5.64. The first-order valence-corrected chi connectivity index (χ1v) is 8.73. The lowest BCUT2D eigenvalue weighted by Gasteiger charge is -2.21. The molecule has 2 heterocycles. The molecule has 1 unspecified atom stereocenters. The second kappa shape index (κ2) is 7.89. The van der Waals surface area contributed by atoms with Gasteiger partial charge in [-0.05, 0) is 30.5 Å². The van der Waals surface area contributed by atoms with E-state index in [4.69, 9.17) is 9.15 Å². The fourth-order valence-electron chi connectivity index (χ4n) is 2.74. The van der Waals surface area contributed by atoms with E-state index in [1.165, 1.54) is 37.0 Å². The van der Waals surface area contributed by atoms with E-state index in [1.54, 1.807) is 12.1 Å². The average molecular weight is 372 g/mol. The Bertz CT molecular complexity index is 876. The van der Waals surface area contributed by atoms with Crippen LogP contribution in [0.4, 0.5) is 9.80 Å². The number of carbonyl (C=O) groups excluding carboxylic acids is 2. The van der Waals surface area contributed by atoms with Crippen LogP contribution in [0.3, 0.4) is 0 Å². The molecule has 0 saturated heterocycles. The summed E-state index contributed by atoms with van der Waals surface area (Å²) in [6.07, 6.45) is 6.77. The van der Waals surface area contributed by atoms with Gasteiger partial charge >= 0.3 is 6.16 Å². The van der Waals surface area contributed by atoms with Crippen LogP contribution in [0.5, 0.6) is 0 Å². The molecule has 26 heavy (non-hydrogen) atoms. The van der Waals surface area contributed by atoms with E-state index in [-0.39, 0.29) is 12.0 Å². The smallest absolute Gasteiger partial charge is 0.472 e. The minimum Gasteiger partial charge on any atom is -0.472 e. The van der Waals surface area contributed by atoms with Gasteiger partial charge in [-0.1, -0.05) is 0 Å². The van der Waals surface area contributed by atoms with E-state index in [0.717, 1.165) is 16.0 Å². The Labute approximate surface area is 153 Å². The molecule has 0 bridgehead atoms. The van der Waals surface area contributed by atoms with E-state index >= 15 is 0 Å². The lowest BCUT2D eigenvalue weighted by Crippen LogP contribution is -2.24. The fourth-order valence-corrected chi connectivity index (χ4v) is 4.01. The van der Waals surface area contributed by atoms with Crippen LogP contribution in [-0.4, -0.2) is 25.3 Å². The molecule has 1 N–H and O–H groups in total. The van der Waals surface area contributed by atoms with Crippen molar-refractivity contribution in [2.24, 2.45) is 0 Å². The topological polar surface area (TPSA) is 102 Å². The zero-order chi connectivity index (χ0) is 18.5. The summed E-state index contributed by atoms with van der Waals surface area (Å²) in [5.41, 5.74) is 2.16. The molecule has 0 aromatic carbocycles. The number of amides is 1. The molecule has 0 saturated carbocycles. The van der Waals surface area contributed by atoms with Crippen LogP contribution in [0.1, 0.15) is 28.0 Å². The molecule has 1 aliphatic rings. The second-order valence-corrected chi connectivity index (χ2v) is 6.74. The molecule has 0 radical (unpaired) electrons. The predicted molar refractivity (Wildman–Crippen MR) is 94.7 cm³/mol. The molecule has 1 amide bonds. The number of nitrogens with zero attached hydrogens (tertiary/aromatic N) is 1. The van der Waals surface area contributed by atoms with Crippen LogP contribution in [-0.2, 0) is 27.1 Å². The Morgan fingerprint density at radius 2 is 2.35 bits per heavy atom. The highest BCUT2D eigenvalue weighted by Gasteiger charge is 2.28. The van der Waals surface area contributed by atoms with Crippen molar-refractivity contribution in [3.05, 3.63) is 46.2 Å². The molecule has 2 aromatic heterocycles. The summed E-state index contributed by atoms with van der Waals surface area (Å²) in [6.45, 7) is 0. The van der Waals surface area contributed by atoms with E-state index in [9.17, 15) is 14.9 Å². The molecule has 2 aromatic rings. The highest BCUT2D eigenvalue weighted by molar-refractivity contribution is 7.16. The van der Waals surface area contributed by atoms with Gasteiger partial charge in [0.2, 0.25) is 5.91 Å². The van der Waals surface area contributed by atoms with Gasteiger partial charge < -0.3 is 19.2 Å². The molecule has 1 aliphatic carbocycles. The third kappa shape index (κ3) is 3.95. The molecule has 0 aliphatic heterocycles. The third-order valence-electron chi connectivity index (χ3n) is 3.97. The van der Waals surface area contributed by atoms with Crippen molar-refractivity contribution in [2.75, 3.05) is 12.4 Å². The summed E-state index contributed by atoms with van der Waals surface area (Å²) < 4.78 is 14.6. The number of hydrogen-bond acceptors (Lipinski definition) is 7. The number of ether oxygens (including phenoxy) is 2. The van der Waals surface area contributed by atoms with Crippen LogP contribution in [0, 0.1) is 11.3 Å². The predicted octanol–water partition coefficient (Wildman–Crippen LogP) is 3.50. The van der Waals surface area contributed by atoms with Crippen LogP contribution < -0.4 is 5.32 Å². The van der Waals surface area contributed by atoms with Gasteiger partial charge in [-0.15, -0.1) is 11.3 Å². The normalized spacial score (nSPS) is 15.9. The molecule has 3 rings (SSSR count). The van der Waals surface area contributed by atoms with Gasteiger partial charge in [0.25, 0.3) is 0 Å². The number of hydrogen-bond donors (Lipinski definition) is 1. The van der Waals surface area contributed by atoms with Crippen molar-refractivity contribution in [3.63, 3.8) is 0 Å². The zero-order valence-corrected chi connectivity index (χ0v) is 14.8. The van der Waals surface area contributed by atoms with Crippen molar-refractivity contribution >= 4 is 34.5 Å². The minimum atomic E-state index is -0.714. The molecule has 134 valence electrons. The Morgan fingerprint density at radius 3 is 3.04 bits per heavy atom. The van der Waals surface area contributed by atoms with Gasteiger partial charge in [-0.2, -0.15) is 5.26 Å². The van der Waals surface area contributed by atoms with Crippen LogP contribution in [0.15, 0.2) is 29.1 Å². The fraction of sp³-hybridized carbons (Fsp3) is 0.278. The quantitative estimate of drug-likeness (QED) is 0.651. The molecule has 7 nitrogen and oxygen atoms in total. The first-order chi connectivity index (χ1) is 12.6. The van der Waals surface area contributed by atoms with Crippen molar-refractivity contribution in [1.82, 2.24) is 0 Å². The highest BCUT2D eigenvalue weighted by atomic mass is 32.1. The third-order valence-corrected chi connectivity index (χ3v) is 5.14. The molecule has 1 atom stereocenters. The lowest BCUT2D eigenvalue weighted by molar-refractivity contribution is -0.111. The maximum Gasteiger partial charge on any atom is 0.508 e. The van der Waals surface area contributed by atoms with E-state index in [1.807, 2.05) is 0 Å². The van der Waals surface area contributed by atoms with Gasteiger partial charge in [0, 0.05) is 22.9 Å². The van der Waals surface area contributed by atoms with E-state index < -0.39 is 6.16 Å². The van der Waals surface area contributed by atoms with Crippen LogP contribution >= 0.6 is 11.3 Å². The summed E-state index contributed by atoms with van der Waals surface area (Å²) in [6, 6.07) is 3.90. The average Bonchev–Trinajstić information content (AvgIpc) is 3.26. The SMILES string of the molecule is COC(=O)OC1CCc2c(sc(NC(=O)/C=C/c3ccoc3)c2C#N)C1. The number of fused-ring (bicyclic) bond motifs is 1. The number of methoxy groups -OCH3 is 1. The molecule has 8 heteroatoms. The largest absolute Gasteiger partial charge is 0.508 e. The first kappa shape index (κ1) is 17.8. The Kier molecular flexibility index (Phi) is 5.39. The maximum absolute atomic E-state index is 12.1. The summed E-state index contributed by atoms with van der Waals surface area (Å²) in [5, 5.41) is 12.7. The number of furan rings is 1. The maximum atomic E-state index is 12.1. The number of nitriles is 1. The first-order valence-electron chi connectivity index (χ1n) is 7.91. The molecular formula is C18H16N2O5S. The van der Waals surface area contributed by atoms with Crippen LogP contribution in [0.25, 0.3) is 6.08 Å². The number of nitrogens with one attached hydrogen (secondary N) is 1. The molecular weight excluding hydrogens is 356 g/mol. The standard InChI is InChI=1S/C18H16N2O5S/c1-23-18(22)25-12-3-4-13-14(9-19)17(26-15(13)8-12)20-16(21)5-2-11-6-7-24-10-11/h2,5-7,10,12H,3-4,8H2,1H3,(H,20,21)/b5-2+. The van der Waals surface area contributed by atoms with Gasteiger partial charge in [-0.3, -0.25) is 4.79 Å². The zero-order valence-electron chi connectivity index (χ0n) is 14.0. The molecule has 0 fully saturated rings. The summed E-state index contributed by atoms with van der Waals surface area (Å²) in [4.78, 5) is 24.3. The van der Waals surface area contributed by atoms with Gasteiger partial charge in [0.1, 0.15) is 17.2 Å². The van der Waals surface area contributed by atoms with Gasteiger partial charge in [-0.25, -0.2) is 4.79 Å². The van der Waals surface area contributed by atoms with Gasteiger partial charge in [0.05, 0.1) is 25.2 Å². The van der Waals surface area contributed by atoms with Crippen LogP contribution in [0.2, 0.25) is 0 Å². The lowest BCUT2D eigenvalue weighted by atomic mass is 9.94. The summed E-state index contributed by atoms with van der Waals surface area (Å²) in [5.74, 6) is -0.330. The van der Waals surface area contributed by atoms with E-state index in [0.29, 0.717) is 29.8 Å². The summed E-state index contributed by atoms with van der Waals surface area (Å²) >= 11 is 1.34. The Morgan fingerprint density at radius 1 is 1.50 bits per heavy atom. The van der Waals surface area contributed by atoms with Crippen molar-refractivity contribution < 1.29 is 23.5 Å². The van der Waals surface area contributed by atoms with Gasteiger partial charge in [0.15, 0.2) is 0 Å². The number of anilines is 1. The van der Waals surface area contributed by atoms with Crippen molar-refractivity contribution in [2.45, 2.75) is 25.4 Å². The van der Waals surface area contributed by atoms with E-state index in [2.05, 4.69) is 16.1 Å². The highest BCUT2D eigenvalue weighted by Crippen LogP contribution is 2.38. The number of thiophene rings is 1. The Hall–Kier alpha value is -3.05. The van der Waals surface area contributed by atoms with Crippen molar-refractivity contribution in [1.29, 1.82) is 5.26 Å². The molecule has 0 spiro atoms. The number of carbonyl (C=O) groups is 2. The number of rotatable bonds is 4. The Balaban J connectivity index is 1.72. The summed E-state index contributed by atoms with van der Waals surface area (Å²) in [7, 11) is 1.26. The minimum absolute atomic E-state index is 0.287. The van der Waals surface area contributed by atoms with Crippen molar-refractivity contribution in [3.8, 4) is 6.07 Å². The monoisotopic (exact) mass is 372 g/mol.